The van der Waals surface area contributed by atoms with Crippen molar-refractivity contribution < 1.29 is 19.7 Å². The summed E-state index contributed by atoms with van der Waals surface area (Å²) in [6.07, 6.45) is 2.73. The molecule has 0 saturated heterocycles. The number of hydrogen-bond donors (Lipinski definition) is 2. The number of carbonyl (C=O) groups is 1. The van der Waals surface area contributed by atoms with E-state index in [-0.39, 0.29) is 12.8 Å². The van der Waals surface area contributed by atoms with Crippen molar-refractivity contribution in [3.63, 3.8) is 0 Å². The Morgan fingerprint density at radius 1 is 1.06 bits per heavy atom. The van der Waals surface area contributed by atoms with E-state index in [1.165, 1.54) is 0 Å². The van der Waals surface area contributed by atoms with Gasteiger partial charge in [-0.15, -0.1) is 0 Å². The van der Waals surface area contributed by atoms with Crippen LogP contribution in [-0.4, -0.2) is 38.4 Å². The molecule has 31 heavy (non-hydrogen) atoms. The molecule has 4 rings (SSSR count). The molecule has 0 bridgehead atoms. The van der Waals surface area contributed by atoms with E-state index in [0.29, 0.717) is 18.9 Å². The van der Waals surface area contributed by atoms with Gasteiger partial charge in [-0.1, -0.05) is 48.5 Å². The number of aromatic nitrogens is 2. The molecule has 7 heteroatoms. The highest BCUT2D eigenvalue weighted by Gasteiger charge is 2.50. The smallest absolute Gasteiger partial charge is 0.310 e. The van der Waals surface area contributed by atoms with Crippen LogP contribution in [0.25, 0.3) is 11.4 Å². The van der Waals surface area contributed by atoms with Gasteiger partial charge in [-0.25, -0.2) is 9.97 Å². The summed E-state index contributed by atoms with van der Waals surface area (Å²) >= 11 is 3.33. The van der Waals surface area contributed by atoms with Gasteiger partial charge in [-0.3, -0.25) is 4.79 Å². The summed E-state index contributed by atoms with van der Waals surface area (Å²) in [5, 5.41) is 20.6. The van der Waals surface area contributed by atoms with Crippen LogP contribution in [0.3, 0.4) is 0 Å². The highest BCUT2D eigenvalue weighted by molar-refractivity contribution is 9.10. The second-order valence-electron chi connectivity index (χ2n) is 8.00. The van der Waals surface area contributed by atoms with Gasteiger partial charge in [0.15, 0.2) is 5.82 Å². The van der Waals surface area contributed by atoms with E-state index in [4.69, 9.17) is 4.74 Å². The molecule has 6 nitrogen and oxygen atoms in total. The van der Waals surface area contributed by atoms with Crippen molar-refractivity contribution in [1.82, 2.24) is 9.97 Å². The molecule has 2 aromatic carbocycles. The fourth-order valence-corrected chi connectivity index (χ4v) is 4.36. The van der Waals surface area contributed by atoms with Gasteiger partial charge >= 0.3 is 5.97 Å². The zero-order valence-electron chi connectivity index (χ0n) is 16.8. The third kappa shape index (κ3) is 5.01. The molecular formula is C24H23BrN2O4. The lowest BCUT2D eigenvalue weighted by molar-refractivity contribution is -0.149. The SMILES string of the molecule is O=C(O)[C@]1(Cc2cccc(-c3ncc(Br)cn3)c2)C[C@H](OCc2ccccc2)[C@@H](O)C1. The van der Waals surface area contributed by atoms with E-state index in [9.17, 15) is 15.0 Å². The number of benzene rings is 2. The number of halogens is 1. The normalized spacial score (nSPS) is 23.0. The first kappa shape index (κ1) is 21.6. The molecule has 3 aromatic rings. The van der Waals surface area contributed by atoms with Gasteiger partial charge in [0.2, 0.25) is 0 Å². The molecule has 1 aromatic heterocycles. The van der Waals surface area contributed by atoms with Crippen LogP contribution in [0, 0.1) is 5.41 Å². The summed E-state index contributed by atoms with van der Waals surface area (Å²) in [5.74, 6) is -0.340. The van der Waals surface area contributed by atoms with Gasteiger partial charge in [0, 0.05) is 18.0 Å². The molecule has 0 amide bonds. The average Bonchev–Trinajstić information content (AvgIpc) is 3.10. The van der Waals surface area contributed by atoms with Gasteiger partial charge in [-0.05, 0) is 52.4 Å². The summed E-state index contributed by atoms with van der Waals surface area (Å²) in [6, 6.07) is 17.3. The summed E-state index contributed by atoms with van der Waals surface area (Å²) < 4.78 is 6.70. The molecule has 0 aliphatic heterocycles. The van der Waals surface area contributed by atoms with Crippen LogP contribution < -0.4 is 0 Å². The van der Waals surface area contributed by atoms with Gasteiger partial charge in [-0.2, -0.15) is 0 Å². The predicted molar refractivity (Wildman–Crippen MR) is 119 cm³/mol. The van der Waals surface area contributed by atoms with E-state index in [0.717, 1.165) is 21.2 Å². The van der Waals surface area contributed by atoms with Crippen molar-refractivity contribution in [1.29, 1.82) is 0 Å². The van der Waals surface area contributed by atoms with Gasteiger partial charge in [0.1, 0.15) is 0 Å². The Morgan fingerprint density at radius 3 is 2.48 bits per heavy atom. The number of aliphatic hydroxyl groups is 1. The summed E-state index contributed by atoms with van der Waals surface area (Å²) in [6.45, 7) is 0.342. The van der Waals surface area contributed by atoms with Crippen molar-refractivity contribution in [2.24, 2.45) is 5.41 Å². The van der Waals surface area contributed by atoms with Crippen molar-refractivity contribution in [3.8, 4) is 11.4 Å². The number of ether oxygens (including phenoxy) is 1. The topological polar surface area (TPSA) is 92.5 Å². The minimum absolute atomic E-state index is 0.154. The van der Waals surface area contributed by atoms with Crippen LogP contribution in [-0.2, 0) is 22.6 Å². The molecule has 1 aliphatic rings. The summed E-state index contributed by atoms with van der Waals surface area (Å²) in [7, 11) is 0. The van der Waals surface area contributed by atoms with E-state index in [1.807, 2.05) is 54.6 Å². The minimum atomic E-state index is -1.08. The molecule has 1 aliphatic carbocycles. The second-order valence-corrected chi connectivity index (χ2v) is 8.91. The quantitative estimate of drug-likeness (QED) is 0.522. The van der Waals surface area contributed by atoms with Crippen LogP contribution in [0.15, 0.2) is 71.5 Å². The molecule has 0 unspecified atom stereocenters. The first-order valence-corrected chi connectivity index (χ1v) is 10.9. The number of carboxylic acid groups (broad SMARTS) is 1. The maximum Gasteiger partial charge on any atom is 0.310 e. The molecular weight excluding hydrogens is 460 g/mol. The minimum Gasteiger partial charge on any atom is -0.481 e. The lowest BCUT2D eigenvalue weighted by Crippen LogP contribution is -2.31. The van der Waals surface area contributed by atoms with E-state index < -0.39 is 23.6 Å². The van der Waals surface area contributed by atoms with Gasteiger partial charge in [0.25, 0.3) is 0 Å². The molecule has 1 saturated carbocycles. The highest BCUT2D eigenvalue weighted by Crippen LogP contribution is 2.43. The Balaban J connectivity index is 1.51. The average molecular weight is 483 g/mol. The number of aliphatic carboxylic acids is 1. The van der Waals surface area contributed by atoms with E-state index >= 15 is 0 Å². The van der Waals surface area contributed by atoms with Crippen LogP contribution in [0.5, 0.6) is 0 Å². The molecule has 160 valence electrons. The highest BCUT2D eigenvalue weighted by atomic mass is 79.9. The first-order valence-electron chi connectivity index (χ1n) is 10.1. The standard InChI is InChI=1S/C24H23BrN2O4/c25-19-13-26-22(27-14-19)18-8-4-7-17(9-18)10-24(23(29)30)11-20(28)21(12-24)31-15-16-5-2-1-3-6-16/h1-9,13-14,20-21,28H,10-12,15H2,(H,29,30)/t20-,21-,24-/m0/s1. The van der Waals surface area contributed by atoms with Crippen LogP contribution in [0.1, 0.15) is 24.0 Å². The van der Waals surface area contributed by atoms with Crippen LogP contribution in [0.2, 0.25) is 0 Å². The molecule has 1 heterocycles. The monoisotopic (exact) mass is 482 g/mol. The van der Waals surface area contributed by atoms with Crippen molar-refractivity contribution in [2.45, 2.75) is 38.1 Å². The Kier molecular flexibility index (Phi) is 6.46. The zero-order chi connectivity index (χ0) is 21.8. The maximum absolute atomic E-state index is 12.3. The Morgan fingerprint density at radius 2 is 1.77 bits per heavy atom. The number of carboxylic acids is 1. The number of rotatable bonds is 7. The number of aliphatic hydroxyl groups excluding tert-OH is 1. The maximum atomic E-state index is 12.3. The number of nitrogens with zero attached hydrogens (tertiary/aromatic N) is 2. The molecule has 0 radical (unpaired) electrons. The van der Waals surface area contributed by atoms with Crippen molar-refractivity contribution in [3.05, 3.63) is 82.6 Å². The fourth-order valence-electron chi connectivity index (χ4n) is 4.15. The fraction of sp³-hybridized carbons (Fsp3) is 0.292. The van der Waals surface area contributed by atoms with Gasteiger partial charge in [0.05, 0.1) is 28.7 Å². The zero-order valence-corrected chi connectivity index (χ0v) is 18.4. The summed E-state index contributed by atoms with van der Waals surface area (Å²) in [5.41, 5.74) is 1.59. The molecule has 2 N–H and O–H groups in total. The lowest BCUT2D eigenvalue weighted by atomic mass is 9.79. The Bertz CT molecular complexity index is 1040. The van der Waals surface area contributed by atoms with E-state index in [1.54, 1.807) is 12.4 Å². The third-order valence-corrected chi connectivity index (χ3v) is 6.14. The number of hydrogen-bond acceptors (Lipinski definition) is 5. The third-order valence-electron chi connectivity index (χ3n) is 5.73. The summed E-state index contributed by atoms with van der Waals surface area (Å²) in [4.78, 5) is 20.9. The molecule has 3 atom stereocenters. The predicted octanol–water partition coefficient (Wildman–Crippen LogP) is 4.26. The Labute approximate surface area is 189 Å². The van der Waals surface area contributed by atoms with E-state index in [2.05, 4.69) is 25.9 Å². The van der Waals surface area contributed by atoms with Crippen molar-refractivity contribution >= 4 is 21.9 Å². The molecule has 0 spiro atoms. The largest absolute Gasteiger partial charge is 0.481 e. The van der Waals surface area contributed by atoms with Crippen molar-refractivity contribution in [2.75, 3.05) is 0 Å². The van der Waals surface area contributed by atoms with Crippen LogP contribution in [0.4, 0.5) is 0 Å². The first-order chi connectivity index (χ1) is 14.9. The lowest BCUT2D eigenvalue weighted by Gasteiger charge is -2.24. The van der Waals surface area contributed by atoms with Gasteiger partial charge < -0.3 is 14.9 Å². The second kappa shape index (κ2) is 9.26. The molecule has 1 fully saturated rings. The van der Waals surface area contributed by atoms with Crippen LogP contribution >= 0.6 is 15.9 Å². The Hall–Kier alpha value is -2.61.